The second-order valence-corrected chi connectivity index (χ2v) is 5.85. The van der Waals surface area contributed by atoms with E-state index >= 15 is 0 Å². The van der Waals surface area contributed by atoms with Gasteiger partial charge in [-0.05, 0) is 37.5 Å². The number of aliphatic hydroxyl groups is 1. The molecule has 2 rings (SSSR count). The summed E-state index contributed by atoms with van der Waals surface area (Å²) in [6.07, 6.45) is 8.25. The van der Waals surface area contributed by atoms with Crippen molar-refractivity contribution in [3.05, 3.63) is 11.6 Å². The van der Waals surface area contributed by atoms with Crippen molar-refractivity contribution in [1.82, 2.24) is 0 Å². The van der Waals surface area contributed by atoms with Crippen LogP contribution in [0.4, 0.5) is 0 Å². The van der Waals surface area contributed by atoms with Gasteiger partial charge in [0.05, 0.1) is 6.10 Å². The van der Waals surface area contributed by atoms with Crippen LogP contribution in [-0.2, 0) is 0 Å². The highest BCUT2D eigenvalue weighted by Gasteiger charge is 2.46. The standard InChI is InChI=1S/C13H22O/c1-12(2)10-6-4-5-8-13(10,3)9-7-11(12)14/h6,11,14H,4-5,7-9H2,1-3H3. The fraction of sp³-hybridized carbons (Fsp3) is 0.846. The maximum Gasteiger partial charge on any atom is 0.0628 e. The van der Waals surface area contributed by atoms with Crippen LogP contribution in [0, 0.1) is 10.8 Å². The molecule has 0 radical (unpaired) electrons. The Labute approximate surface area is 87.2 Å². The van der Waals surface area contributed by atoms with E-state index in [-0.39, 0.29) is 11.5 Å². The van der Waals surface area contributed by atoms with Crippen LogP contribution < -0.4 is 0 Å². The van der Waals surface area contributed by atoms with E-state index in [0.29, 0.717) is 5.41 Å². The molecule has 1 heteroatoms. The summed E-state index contributed by atoms with van der Waals surface area (Å²) in [5.41, 5.74) is 1.92. The molecule has 0 aromatic rings. The maximum atomic E-state index is 10.0. The largest absolute Gasteiger partial charge is 0.392 e. The molecule has 2 aliphatic carbocycles. The van der Waals surface area contributed by atoms with Crippen molar-refractivity contribution in [3.8, 4) is 0 Å². The Kier molecular flexibility index (Phi) is 2.26. The summed E-state index contributed by atoms with van der Waals surface area (Å²) in [4.78, 5) is 0. The zero-order chi connectivity index (χ0) is 10.4. The first-order valence-electron chi connectivity index (χ1n) is 5.86. The molecule has 0 aromatic heterocycles. The second kappa shape index (κ2) is 3.10. The zero-order valence-corrected chi connectivity index (χ0v) is 9.64. The quantitative estimate of drug-likeness (QED) is 0.587. The molecule has 2 aliphatic rings. The van der Waals surface area contributed by atoms with E-state index in [1.807, 2.05) is 0 Å². The van der Waals surface area contributed by atoms with Crippen LogP contribution in [0.25, 0.3) is 0 Å². The molecule has 1 N–H and O–H groups in total. The van der Waals surface area contributed by atoms with Gasteiger partial charge in [0.15, 0.2) is 0 Å². The van der Waals surface area contributed by atoms with Gasteiger partial charge in [-0.15, -0.1) is 0 Å². The van der Waals surface area contributed by atoms with Gasteiger partial charge in [0.1, 0.15) is 0 Å². The summed E-state index contributed by atoms with van der Waals surface area (Å²) < 4.78 is 0. The molecule has 0 bridgehead atoms. The van der Waals surface area contributed by atoms with Crippen molar-refractivity contribution in [3.63, 3.8) is 0 Å². The fourth-order valence-electron chi connectivity index (χ4n) is 3.42. The summed E-state index contributed by atoms with van der Waals surface area (Å²) >= 11 is 0. The molecule has 80 valence electrons. The van der Waals surface area contributed by atoms with Gasteiger partial charge in [-0.25, -0.2) is 0 Å². The second-order valence-electron chi connectivity index (χ2n) is 5.85. The van der Waals surface area contributed by atoms with Gasteiger partial charge in [-0.3, -0.25) is 0 Å². The molecular formula is C13H22O. The van der Waals surface area contributed by atoms with Gasteiger partial charge < -0.3 is 5.11 Å². The third kappa shape index (κ3) is 1.33. The number of rotatable bonds is 0. The lowest BCUT2D eigenvalue weighted by Crippen LogP contribution is -2.44. The predicted molar refractivity (Wildman–Crippen MR) is 59.1 cm³/mol. The van der Waals surface area contributed by atoms with Gasteiger partial charge >= 0.3 is 0 Å². The Balaban J connectivity index is 2.39. The van der Waals surface area contributed by atoms with Crippen molar-refractivity contribution in [1.29, 1.82) is 0 Å². The summed E-state index contributed by atoms with van der Waals surface area (Å²) in [6.45, 7) is 6.78. The minimum Gasteiger partial charge on any atom is -0.392 e. The lowest BCUT2D eigenvalue weighted by Gasteiger charge is -2.50. The molecular weight excluding hydrogens is 172 g/mol. The fourth-order valence-corrected chi connectivity index (χ4v) is 3.42. The van der Waals surface area contributed by atoms with Crippen molar-refractivity contribution >= 4 is 0 Å². The SMILES string of the molecule is CC12CCCC=C1C(C)(C)C(O)CC2. The molecule has 0 amide bonds. The number of aliphatic hydroxyl groups excluding tert-OH is 1. The van der Waals surface area contributed by atoms with Crippen LogP contribution in [0.2, 0.25) is 0 Å². The molecule has 0 heterocycles. The summed E-state index contributed by atoms with van der Waals surface area (Å²) in [7, 11) is 0. The normalized spacial score (nSPS) is 41.4. The van der Waals surface area contributed by atoms with Crippen molar-refractivity contribution in [2.75, 3.05) is 0 Å². The van der Waals surface area contributed by atoms with Gasteiger partial charge in [-0.1, -0.05) is 32.4 Å². The van der Waals surface area contributed by atoms with Crippen molar-refractivity contribution < 1.29 is 5.11 Å². The smallest absolute Gasteiger partial charge is 0.0628 e. The van der Waals surface area contributed by atoms with E-state index in [1.165, 1.54) is 31.3 Å². The molecule has 0 aromatic carbocycles. The Morgan fingerprint density at radius 3 is 2.71 bits per heavy atom. The van der Waals surface area contributed by atoms with Crippen LogP contribution in [0.3, 0.4) is 0 Å². The van der Waals surface area contributed by atoms with E-state index in [0.717, 1.165) is 6.42 Å². The summed E-state index contributed by atoms with van der Waals surface area (Å²) in [5, 5.41) is 10.0. The highest BCUT2D eigenvalue weighted by molar-refractivity contribution is 5.27. The Bertz CT molecular complexity index is 264. The first-order chi connectivity index (χ1) is 6.47. The predicted octanol–water partition coefficient (Wildman–Crippen LogP) is 3.28. The average Bonchev–Trinajstić information content (AvgIpc) is 2.13. The lowest BCUT2D eigenvalue weighted by atomic mass is 9.56. The molecule has 1 nitrogen and oxygen atoms in total. The van der Waals surface area contributed by atoms with Gasteiger partial charge in [0.25, 0.3) is 0 Å². The minimum absolute atomic E-state index is 0.00736. The van der Waals surface area contributed by atoms with Crippen LogP contribution in [0.1, 0.15) is 52.9 Å². The summed E-state index contributed by atoms with van der Waals surface area (Å²) in [5.74, 6) is 0. The van der Waals surface area contributed by atoms with E-state index in [4.69, 9.17) is 0 Å². The summed E-state index contributed by atoms with van der Waals surface area (Å²) in [6, 6.07) is 0. The number of allylic oxidation sites excluding steroid dienone is 1. The van der Waals surface area contributed by atoms with E-state index < -0.39 is 0 Å². The monoisotopic (exact) mass is 194 g/mol. The molecule has 2 unspecified atom stereocenters. The molecule has 0 spiro atoms. The lowest BCUT2D eigenvalue weighted by molar-refractivity contribution is 0.00818. The Morgan fingerprint density at radius 2 is 2.00 bits per heavy atom. The van der Waals surface area contributed by atoms with E-state index in [1.54, 1.807) is 0 Å². The molecule has 0 aliphatic heterocycles. The van der Waals surface area contributed by atoms with E-state index in [2.05, 4.69) is 26.8 Å². The first kappa shape index (κ1) is 10.2. The number of fused-ring (bicyclic) bond motifs is 1. The maximum absolute atomic E-state index is 10.0. The molecule has 14 heavy (non-hydrogen) atoms. The topological polar surface area (TPSA) is 20.2 Å². The van der Waals surface area contributed by atoms with Crippen LogP contribution in [0.15, 0.2) is 11.6 Å². The van der Waals surface area contributed by atoms with Crippen LogP contribution >= 0.6 is 0 Å². The first-order valence-corrected chi connectivity index (χ1v) is 5.86. The van der Waals surface area contributed by atoms with E-state index in [9.17, 15) is 5.11 Å². The third-order valence-electron chi connectivity index (χ3n) is 4.43. The van der Waals surface area contributed by atoms with Crippen molar-refractivity contribution in [2.24, 2.45) is 10.8 Å². The van der Waals surface area contributed by atoms with Gasteiger partial charge in [-0.2, -0.15) is 0 Å². The molecule has 1 fully saturated rings. The number of hydrogen-bond acceptors (Lipinski definition) is 1. The Hall–Kier alpha value is -0.300. The van der Waals surface area contributed by atoms with Crippen LogP contribution in [-0.4, -0.2) is 11.2 Å². The van der Waals surface area contributed by atoms with Gasteiger partial charge in [0, 0.05) is 5.41 Å². The molecule has 2 atom stereocenters. The minimum atomic E-state index is -0.139. The number of hydrogen-bond donors (Lipinski definition) is 1. The van der Waals surface area contributed by atoms with Gasteiger partial charge in [0.2, 0.25) is 0 Å². The van der Waals surface area contributed by atoms with Crippen LogP contribution in [0.5, 0.6) is 0 Å². The average molecular weight is 194 g/mol. The van der Waals surface area contributed by atoms with Crippen molar-refractivity contribution in [2.45, 2.75) is 59.0 Å². The molecule has 1 saturated carbocycles. The zero-order valence-electron chi connectivity index (χ0n) is 9.64. The third-order valence-corrected chi connectivity index (χ3v) is 4.43. The highest BCUT2D eigenvalue weighted by Crippen LogP contribution is 2.54. The molecule has 0 saturated heterocycles. The Morgan fingerprint density at radius 1 is 1.29 bits per heavy atom. The highest BCUT2D eigenvalue weighted by atomic mass is 16.3.